The van der Waals surface area contributed by atoms with Crippen molar-refractivity contribution in [2.45, 2.75) is 104 Å². The van der Waals surface area contributed by atoms with Gasteiger partial charge >= 0.3 is 12.1 Å². The molecule has 16 nitrogen and oxygen atoms in total. The smallest absolute Gasteiger partial charge is 0.406 e. The second kappa shape index (κ2) is 19.9. The maximum absolute atomic E-state index is 14.6. The molecule has 1 unspecified atom stereocenters. The largest absolute Gasteiger partial charge is 0.464 e. The number of alkyl halides is 3. The van der Waals surface area contributed by atoms with Crippen LogP contribution in [0.1, 0.15) is 77.1 Å². The molecule has 360 valence electrons. The number of methoxy groups -OCH3 is 1. The van der Waals surface area contributed by atoms with Gasteiger partial charge in [-0.1, -0.05) is 34.3 Å². The number of aromatic nitrogens is 4. The number of carbonyl (C=O) groups is 5. The molecular weight excluding hydrogens is 892 g/mol. The van der Waals surface area contributed by atoms with Crippen LogP contribution in [0.3, 0.4) is 0 Å². The Balaban J connectivity index is 1.30. The summed E-state index contributed by atoms with van der Waals surface area (Å²) in [5.41, 5.74) is 4.88. The van der Waals surface area contributed by atoms with Gasteiger partial charge in [0.1, 0.15) is 35.5 Å². The number of halogens is 3. The fraction of sp³-hybridized carbons (Fsp3) is 0.532. The molecule has 4 amide bonds. The molecule has 1 aromatic carbocycles. The fourth-order valence-electron chi connectivity index (χ4n) is 9.38. The van der Waals surface area contributed by atoms with Crippen LogP contribution in [0.4, 0.5) is 13.2 Å². The topological polar surface area (TPSA) is 181 Å². The summed E-state index contributed by atoms with van der Waals surface area (Å²) in [6.45, 7) is 12.0. The molecule has 6 bridgehead atoms. The van der Waals surface area contributed by atoms with E-state index in [1.165, 1.54) is 34.7 Å². The first-order valence-corrected chi connectivity index (χ1v) is 23.2. The Bertz CT molecular complexity index is 2540. The van der Waals surface area contributed by atoms with Gasteiger partial charge in [-0.05, 0) is 92.0 Å². The van der Waals surface area contributed by atoms with Crippen LogP contribution in [0.25, 0.3) is 32.7 Å². The van der Waals surface area contributed by atoms with Gasteiger partial charge in [0.15, 0.2) is 0 Å². The number of hydrazine groups is 1. The van der Waals surface area contributed by atoms with Gasteiger partial charge in [0, 0.05) is 73.9 Å². The number of likely N-dealkylation sites (N-methyl/N-ethyl adjacent to an activating group) is 1. The predicted octanol–water partition coefficient (Wildman–Crippen LogP) is 5.66. The summed E-state index contributed by atoms with van der Waals surface area (Å²) in [4.78, 5) is 81.2. The number of hydrogen-bond donors (Lipinski definition) is 2. The molecule has 0 spiro atoms. The molecule has 2 saturated heterocycles. The Morgan fingerprint density at radius 2 is 1.91 bits per heavy atom. The first kappa shape index (κ1) is 49.2. The minimum absolute atomic E-state index is 0.109. The van der Waals surface area contributed by atoms with Gasteiger partial charge in [0.25, 0.3) is 5.91 Å². The van der Waals surface area contributed by atoms with E-state index in [1.54, 1.807) is 62.2 Å². The number of esters is 1. The molecule has 3 aliphatic rings. The van der Waals surface area contributed by atoms with Crippen LogP contribution in [0.5, 0.6) is 0 Å². The van der Waals surface area contributed by atoms with Crippen LogP contribution < -0.4 is 10.7 Å². The van der Waals surface area contributed by atoms with Gasteiger partial charge in [-0.25, -0.2) is 10.4 Å². The Morgan fingerprint density at radius 1 is 1.15 bits per heavy atom. The summed E-state index contributed by atoms with van der Waals surface area (Å²) < 4.78 is 61.3. The molecule has 67 heavy (non-hydrogen) atoms. The maximum atomic E-state index is 14.6. The fourth-order valence-corrected chi connectivity index (χ4v) is 10.1. The number of carbonyl (C=O) groups excluding carboxylic acids is 5. The lowest BCUT2D eigenvalue weighted by molar-refractivity contribution is -0.155. The zero-order valence-electron chi connectivity index (χ0n) is 38.8. The maximum Gasteiger partial charge on any atom is 0.406 e. The average molecular weight is 950 g/mol. The molecule has 2 N–H and O–H groups in total. The van der Waals surface area contributed by atoms with Gasteiger partial charge in [-0.2, -0.15) is 17.5 Å². The van der Waals surface area contributed by atoms with E-state index in [0.717, 1.165) is 11.5 Å². The number of nitrogens with zero attached hydrogens (tertiary/aromatic N) is 7. The Morgan fingerprint density at radius 3 is 2.61 bits per heavy atom. The first-order chi connectivity index (χ1) is 31.7. The predicted molar refractivity (Wildman–Crippen MR) is 244 cm³/mol. The van der Waals surface area contributed by atoms with Gasteiger partial charge < -0.3 is 29.2 Å². The summed E-state index contributed by atoms with van der Waals surface area (Å²) in [6.07, 6.45) is -1.19. The highest BCUT2D eigenvalue weighted by Gasteiger charge is 2.41. The molecule has 5 atom stereocenters. The second-order valence-corrected chi connectivity index (χ2v) is 19.5. The molecule has 0 radical (unpaired) electrons. The highest BCUT2D eigenvalue weighted by Crippen LogP contribution is 2.43. The molecule has 0 aliphatic carbocycles. The molecule has 3 aromatic heterocycles. The zero-order chi connectivity index (χ0) is 48.5. The minimum atomic E-state index is -4.60. The lowest BCUT2D eigenvalue weighted by atomic mass is 9.84. The number of benzene rings is 1. The van der Waals surface area contributed by atoms with Crippen LogP contribution in [0, 0.1) is 17.3 Å². The van der Waals surface area contributed by atoms with Crippen molar-refractivity contribution < 1.29 is 46.6 Å². The van der Waals surface area contributed by atoms with Crippen molar-refractivity contribution in [3.63, 3.8) is 0 Å². The van der Waals surface area contributed by atoms with Crippen LogP contribution in [0.15, 0.2) is 49.2 Å². The van der Waals surface area contributed by atoms with E-state index >= 15 is 0 Å². The molecule has 2 fully saturated rings. The van der Waals surface area contributed by atoms with Crippen molar-refractivity contribution in [1.82, 2.24) is 44.5 Å². The van der Waals surface area contributed by atoms with Gasteiger partial charge in [0.05, 0.1) is 30.0 Å². The average Bonchev–Trinajstić information content (AvgIpc) is 4.05. The summed E-state index contributed by atoms with van der Waals surface area (Å²) >= 11 is 1.04. The van der Waals surface area contributed by atoms with Crippen LogP contribution >= 0.6 is 11.5 Å². The number of hydrogen-bond acceptors (Lipinski definition) is 12. The lowest BCUT2D eigenvalue weighted by Gasteiger charge is -2.36. The van der Waals surface area contributed by atoms with Crippen LogP contribution in [-0.4, -0.2) is 128 Å². The molecule has 6 heterocycles. The van der Waals surface area contributed by atoms with E-state index in [9.17, 15) is 37.1 Å². The quantitative estimate of drug-likeness (QED) is 0.148. The van der Waals surface area contributed by atoms with E-state index in [2.05, 4.69) is 26.7 Å². The van der Waals surface area contributed by atoms with Crippen LogP contribution in [0.2, 0.25) is 0 Å². The molecule has 4 aromatic rings. The highest BCUT2D eigenvalue weighted by atomic mass is 32.1. The number of pyridine rings is 1. The normalized spacial score (nSPS) is 21.1. The lowest BCUT2D eigenvalue weighted by Crippen LogP contribution is -2.62. The summed E-state index contributed by atoms with van der Waals surface area (Å²) in [7, 11) is 3.04. The third kappa shape index (κ3) is 10.7. The molecule has 3 aliphatic heterocycles. The SMILES string of the molecule is C=CC(=O)N1CC[C@H](C(=O)N(C)C(C(=O)N[C@H]2Cc3nsc(n3)-c3ccc4c(c3)c(c(-c3cccnc3[C@H](C)OC)n4CC(F)(F)F)CC(C)(C)COC(=O)[C@@H]3CCCN(N3)C2=O)C(C)C)C1. The summed E-state index contributed by atoms with van der Waals surface area (Å²) in [5.74, 6) is -3.09. The first-order valence-electron chi connectivity index (χ1n) is 22.5. The number of nitrogens with one attached hydrogen (secondary N) is 2. The van der Waals surface area contributed by atoms with Crippen molar-refractivity contribution >= 4 is 52.0 Å². The van der Waals surface area contributed by atoms with E-state index in [-0.39, 0.29) is 50.2 Å². The zero-order valence-corrected chi connectivity index (χ0v) is 39.6. The Labute approximate surface area is 391 Å². The van der Waals surface area contributed by atoms with Crippen molar-refractivity contribution in [3.8, 4) is 21.8 Å². The highest BCUT2D eigenvalue weighted by molar-refractivity contribution is 7.09. The third-order valence-corrected chi connectivity index (χ3v) is 13.5. The summed E-state index contributed by atoms with van der Waals surface area (Å²) in [6, 6.07) is 5.30. The van der Waals surface area contributed by atoms with Crippen molar-refractivity contribution in [2.75, 3.05) is 40.4 Å². The number of cyclic esters (lactones) is 1. The minimum Gasteiger partial charge on any atom is -0.464 e. The Kier molecular flexibility index (Phi) is 14.6. The standard InChI is InChI=1S/C47H58F3N9O7S/c1-9-37(60)57-19-16-29(23-57)43(62)56(7)39(26(2)3)41(61)52-34-21-36-53-42(67-55-36)28-14-15-35-31(20-28)32(22-46(5,6)25-66-45(64)33-13-11-18-59(54-33)44(34)63)40(58(35)24-47(48,49)50)30-12-10-17-51-38(30)27(4)65-8/h9-10,12,14-15,17,20,26-27,29,33-34,39,54H,1,11,13,16,18-19,21-25H2,2-8H3,(H,52,61)/t27-,29-,33-,34-,39?/m0/s1. The van der Waals surface area contributed by atoms with Crippen molar-refractivity contribution in [3.05, 3.63) is 66.3 Å². The molecule has 20 heteroatoms. The van der Waals surface area contributed by atoms with Crippen molar-refractivity contribution in [2.24, 2.45) is 17.3 Å². The third-order valence-electron chi connectivity index (χ3n) is 12.7. The van der Waals surface area contributed by atoms with Gasteiger partial charge in [-0.15, -0.1) is 0 Å². The molecule has 0 saturated carbocycles. The van der Waals surface area contributed by atoms with Gasteiger partial charge in [-0.3, -0.25) is 34.0 Å². The number of fused-ring (bicyclic) bond motifs is 6. The number of amides is 4. The summed E-state index contributed by atoms with van der Waals surface area (Å²) in [5, 5.41) is 5.14. The van der Waals surface area contributed by atoms with Gasteiger partial charge in [0.2, 0.25) is 17.7 Å². The number of likely N-dealkylation sites (tertiary alicyclic amines) is 1. The molecular formula is C47H58F3N9O7S. The van der Waals surface area contributed by atoms with E-state index in [0.29, 0.717) is 69.8 Å². The molecule has 7 rings (SSSR count). The second-order valence-electron chi connectivity index (χ2n) is 18.7. The number of ether oxygens (including phenoxy) is 2. The monoisotopic (exact) mass is 949 g/mol. The Hall–Kier alpha value is -5.73. The van der Waals surface area contributed by atoms with E-state index < -0.39 is 72.0 Å². The van der Waals surface area contributed by atoms with E-state index in [1.807, 2.05) is 13.8 Å². The van der Waals surface area contributed by atoms with Crippen LogP contribution in [-0.2, 0) is 52.8 Å². The van der Waals surface area contributed by atoms with Crippen molar-refractivity contribution in [1.29, 1.82) is 0 Å². The number of rotatable bonds is 10. The van der Waals surface area contributed by atoms with E-state index in [4.69, 9.17) is 14.5 Å².